The molecular weight excluding hydrogens is 198 g/mol. The minimum Gasteiger partial charge on any atom is -0.397 e. The van der Waals surface area contributed by atoms with Gasteiger partial charge >= 0.3 is 0 Å². The molecule has 0 radical (unpaired) electrons. The van der Waals surface area contributed by atoms with E-state index < -0.39 is 0 Å². The van der Waals surface area contributed by atoms with Crippen molar-refractivity contribution in [2.24, 2.45) is 0 Å². The third-order valence-electron chi connectivity index (χ3n) is 2.58. The second kappa shape index (κ2) is 4.23. The number of nitrogens with two attached hydrogens (primary N) is 1. The van der Waals surface area contributed by atoms with Gasteiger partial charge in [-0.1, -0.05) is 6.07 Å². The molecule has 0 spiro atoms. The average Bonchev–Trinajstić information content (AvgIpc) is 2.32. The summed E-state index contributed by atoms with van der Waals surface area (Å²) in [6.07, 6.45) is 3.58. The largest absolute Gasteiger partial charge is 0.397 e. The minimum atomic E-state index is 0.775. The zero-order chi connectivity index (χ0) is 11.5. The SMILES string of the molecule is Cc1ccc(N)c(N(C)c2cccnc2)c1. The van der Waals surface area contributed by atoms with Crippen LogP contribution >= 0.6 is 0 Å². The van der Waals surface area contributed by atoms with Gasteiger partial charge in [-0.2, -0.15) is 0 Å². The third kappa shape index (κ3) is 1.98. The number of pyridine rings is 1. The molecule has 0 fully saturated rings. The number of benzene rings is 1. The lowest BCUT2D eigenvalue weighted by molar-refractivity contribution is 1.17. The Morgan fingerprint density at radius 3 is 2.75 bits per heavy atom. The molecule has 16 heavy (non-hydrogen) atoms. The molecule has 2 aromatic rings. The average molecular weight is 213 g/mol. The van der Waals surface area contributed by atoms with Gasteiger partial charge in [0.15, 0.2) is 0 Å². The molecule has 0 bridgehead atoms. The quantitative estimate of drug-likeness (QED) is 0.780. The zero-order valence-corrected chi connectivity index (χ0v) is 9.51. The standard InChI is InChI=1S/C13H15N3/c1-10-5-6-12(14)13(8-10)16(2)11-4-3-7-15-9-11/h3-9H,14H2,1-2H3. The highest BCUT2D eigenvalue weighted by molar-refractivity contribution is 5.74. The van der Waals surface area contributed by atoms with E-state index in [1.807, 2.05) is 42.4 Å². The van der Waals surface area contributed by atoms with Crippen LogP contribution in [0.25, 0.3) is 0 Å². The molecule has 1 aromatic carbocycles. The number of aryl methyl sites for hydroxylation is 1. The molecule has 0 aliphatic heterocycles. The van der Waals surface area contributed by atoms with Gasteiger partial charge in [0, 0.05) is 13.2 Å². The molecule has 0 saturated carbocycles. The van der Waals surface area contributed by atoms with E-state index in [1.54, 1.807) is 6.20 Å². The van der Waals surface area contributed by atoms with Gasteiger partial charge in [-0.25, -0.2) is 0 Å². The lowest BCUT2D eigenvalue weighted by atomic mass is 10.1. The van der Waals surface area contributed by atoms with Gasteiger partial charge in [0.05, 0.1) is 23.3 Å². The van der Waals surface area contributed by atoms with E-state index in [1.165, 1.54) is 5.56 Å². The van der Waals surface area contributed by atoms with E-state index in [4.69, 9.17) is 5.73 Å². The van der Waals surface area contributed by atoms with Crippen LogP contribution in [0, 0.1) is 6.92 Å². The number of nitrogens with zero attached hydrogens (tertiary/aromatic N) is 2. The van der Waals surface area contributed by atoms with Gasteiger partial charge in [0.2, 0.25) is 0 Å². The molecule has 1 aromatic heterocycles. The molecule has 82 valence electrons. The summed E-state index contributed by atoms with van der Waals surface area (Å²) in [4.78, 5) is 6.14. The summed E-state index contributed by atoms with van der Waals surface area (Å²) in [6, 6.07) is 9.93. The van der Waals surface area contributed by atoms with Gasteiger partial charge in [-0.3, -0.25) is 4.98 Å². The Morgan fingerprint density at radius 1 is 1.25 bits per heavy atom. The molecule has 0 aliphatic carbocycles. The number of nitrogen functional groups attached to an aromatic ring is 1. The summed E-state index contributed by atoms with van der Waals surface area (Å²) in [5.74, 6) is 0. The van der Waals surface area contributed by atoms with Crippen LogP contribution in [0.3, 0.4) is 0 Å². The first kappa shape index (κ1) is 10.5. The Bertz CT molecular complexity index is 480. The highest BCUT2D eigenvalue weighted by Gasteiger charge is 2.07. The Morgan fingerprint density at radius 2 is 2.06 bits per heavy atom. The van der Waals surface area contributed by atoms with Crippen molar-refractivity contribution in [3.05, 3.63) is 48.3 Å². The van der Waals surface area contributed by atoms with Gasteiger partial charge in [-0.15, -0.1) is 0 Å². The normalized spacial score (nSPS) is 10.1. The van der Waals surface area contributed by atoms with E-state index in [9.17, 15) is 0 Å². The monoisotopic (exact) mass is 213 g/mol. The molecule has 0 aliphatic rings. The van der Waals surface area contributed by atoms with Crippen molar-refractivity contribution in [1.82, 2.24) is 4.98 Å². The van der Waals surface area contributed by atoms with Crippen molar-refractivity contribution >= 4 is 17.1 Å². The maximum absolute atomic E-state index is 5.97. The molecule has 0 saturated heterocycles. The minimum absolute atomic E-state index is 0.775. The van der Waals surface area contributed by atoms with Gasteiger partial charge in [0.25, 0.3) is 0 Å². The van der Waals surface area contributed by atoms with Crippen molar-refractivity contribution < 1.29 is 0 Å². The van der Waals surface area contributed by atoms with Gasteiger partial charge < -0.3 is 10.6 Å². The summed E-state index contributed by atoms with van der Waals surface area (Å²) < 4.78 is 0. The lowest BCUT2D eigenvalue weighted by Gasteiger charge is -2.21. The summed E-state index contributed by atoms with van der Waals surface area (Å²) >= 11 is 0. The summed E-state index contributed by atoms with van der Waals surface area (Å²) in [6.45, 7) is 2.06. The van der Waals surface area contributed by atoms with Crippen molar-refractivity contribution in [3.63, 3.8) is 0 Å². The first-order valence-electron chi connectivity index (χ1n) is 5.18. The fraction of sp³-hybridized carbons (Fsp3) is 0.154. The Balaban J connectivity index is 2.41. The fourth-order valence-corrected chi connectivity index (χ4v) is 1.64. The molecule has 0 atom stereocenters. The molecular formula is C13H15N3. The molecule has 1 heterocycles. The van der Waals surface area contributed by atoms with Gasteiger partial charge in [-0.05, 0) is 36.8 Å². The maximum atomic E-state index is 5.97. The van der Waals surface area contributed by atoms with E-state index in [0.29, 0.717) is 0 Å². The predicted octanol–water partition coefficient (Wildman–Crippen LogP) is 2.74. The molecule has 2 N–H and O–H groups in total. The summed E-state index contributed by atoms with van der Waals surface area (Å²) in [5.41, 5.74) is 9.97. The van der Waals surface area contributed by atoms with E-state index in [-0.39, 0.29) is 0 Å². The Kier molecular flexibility index (Phi) is 2.77. The third-order valence-corrected chi connectivity index (χ3v) is 2.58. The second-order valence-corrected chi connectivity index (χ2v) is 3.83. The smallest absolute Gasteiger partial charge is 0.0644 e. The van der Waals surface area contributed by atoms with Crippen LogP contribution in [0.5, 0.6) is 0 Å². The summed E-state index contributed by atoms with van der Waals surface area (Å²) in [5, 5.41) is 0. The Hall–Kier alpha value is -2.03. The topological polar surface area (TPSA) is 42.1 Å². The van der Waals surface area contributed by atoms with Crippen LogP contribution in [0.15, 0.2) is 42.7 Å². The number of hydrogen-bond acceptors (Lipinski definition) is 3. The first-order chi connectivity index (χ1) is 7.68. The van der Waals surface area contributed by atoms with Crippen LogP contribution in [0.2, 0.25) is 0 Å². The number of rotatable bonds is 2. The van der Waals surface area contributed by atoms with Crippen LogP contribution in [-0.2, 0) is 0 Å². The summed E-state index contributed by atoms with van der Waals surface area (Å²) in [7, 11) is 1.99. The lowest BCUT2D eigenvalue weighted by Crippen LogP contribution is -2.11. The molecule has 3 nitrogen and oxygen atoms in total. The number of anilines is 3. The molecule has 0 amide bonds. The zero-order valence-electron chi connectivity index (χ0n) is 9.51. The number of aromatic nitrogens is 1. The van der Waals surface area contributed by atoms with Crippen LogP contribution in [-0.4, -0.2) is 12.0 Å². The van der Waals surface area contributed by atoms with Crippen molar-refractivity contribution in [1.29, 1.82) is 0 Å². The first-order valence-corrected chi connectivity index (χ1v) is 5.18. The van der Waals surface area contributed by atoms with Crippen molar-refractivity contribution in [2.75, 3.05) is 17.7 Å². The Labute approximate surface area is 95.5 Å². The van der Waals surface area contributed by atoms with Gasteiger partial charge in [0.1, 0.15) is 0 Å². The molecule has 0 unspecified atom stereocenters. The highest BCUT2D eigenvalue weighted by atomic mass is 15.1. The second-order valence-electron chi connectivity index (χ2n) is 3.83. The van der Waals surface area contributed by atoms with Crippen LogP contribution < -0.4 is 10.6 Å². The van der Waals surface area contributed by atoms with E-state index >= 15 is 0 Å². The van der Waals surface area contributed by atoms with Crippen molar-refractivity contribution in [3.8, 4) is 0 Å². The van der Waals surface area contributed by atoms with E-state index in [0.717, 1.165) is 17.1 Å². The molecule has 2 rings (SSSR count). The maximum Gasteiger partial charge on any atom is 0.0644 e. The van der Waals surface area contributed by atoms with E-state index in [2.05, 4.69) is 18.0 Å². The number of hydrogen-bond donors (Lipinski definition) is 1. The van der Waals surface area contributed by atoms with Crippen molar-refractivity contribution in [2.45, 2.75) is 6.92 Å². The predicted molar refractivity (Wildman–Crippen MR) is 67.9 cm³/mol. The molecule has 3 heteroatoms. The van der Waals surface area contributed by atoms with Crippen LogP contribution in [0.4, 0.5) is 17.1 Å². The van der Waals surface area contributed by atoms with Crippen LogP contribution in [0.1, 0.15) is 5.56 Å². The highest BCUT2D eigenvalue weighted by Crippen LogP contribution is 2.28. The fourth-order valence-electron chi connectivity index (χ4n) is 1.64.